The third kappa shape index (κ3) is 0.775. The highest BCUT2D eigenvalue weighted by molar-refractivity contribution is 5.82. The van der Waals surface area contributed by atoms with Crippen molar-refractivity contribution in [3.8, 4) is 0 Å². The summed E-state index contributed by atoms with van der Waals surface area (Å²) in [4.78, 5) is 0. The summed E-state index contributed by atoms with van der Waals surface area (Å²) in [5.41, 5.74) is 8.14. The number of hydrazone groups is 2. The van der Waals surface area contributed by atoms with E-state index in [0.717, 1.165) is 18.7 Å². The second-order valence-corrected chi connectivity index (χ2v) is 2.24. The first kappa shape index (κ1) is 5.46. The van der Waals surface area contributed by atoms with Crippen molar-refractivity contribution in [1.82, 2.24) is 10.9 Å². The van der Waals surface area contributed by atoms with Gasteiger partial charge in [-0.3, -0.25) is 5.43 Å². The molecule has 52 valence electrons. The van der Waals surface area contributed by atoms with Crippen molar-refractivity contribution in [2.75, 3.05) is 6.54 Å². The Balaban J connectivity index is 2.25. The molecule has 10 heavy (non-hydrogen) atoms. The molecule has 2 heterocycles. The number of allylic oxidation sites excluding steroid dienone is 1. The van der Waals surface area contributed by atoms with Gasteiger partial charge >= 0.3 is 0 Å². The van der Waals surface area contributed by atoms with Crippen LogP contribution in [0.5, 0.6) is 0 Å². The fraction of sp³-hybridized carbons (Fsp3) is 0.333. The summed E-state index contributed by atoms with van der Waals surface area (Å²) in [6.07, 6.45) is 4.55. The Hall–Kier alpha value is -1.32. The highest BCUT2D eigenvalue weighted by Crippen LogP contribution is 2.08. The van der Waals surface area contributed by atoms with Crippen molar-refractivity contribution in [3.63, 3.8) is 0 Å². The quantitative estimate of drug-likeness (QED) is 0.485. The van der Waals surface area contributed by atoms with E-state index in [2.05, 4.69) is 21.1 Å². The van der Waals surface area contributed by atoms with E-state index >= 15 is 0 Å². The van der Waals surface area contributed by atoms with Crippen LogP contribution in [0.1, 0.15) is 6.42 Å². The molecule has 0 fully saturated rings. The van der Waals surface area contributed by atoms with E-state index in [4.69, 9.17) is 0 Å². The van der Waals surface area contributed by atoms with Gasteiger partial charge in [0.25, 0.3) is 0 Å². The summed E-state index contributed by atoms with van der Waals surface area (Å²) in [6, 6.07) is 0. The van der Waals surface area contributed by atoms with Crippen LogP contribution in [0, 0.1) is 0 Å². The molecule has 0 aromatic rings. The van der Waals surface area contributed by atoms with Gasteiger partial charge in [-0.05, 0) is 5.57 Å². The Labute approximate surface area is 58.7 Å². The minimum atomic E-state index is 0.838. The Kier molecular flexibility index (Phi) is 1.16. The van der Waals surface area contributed by atoms with Crippen molar-refractivity contribution in [2.24, 2.45) is 10.2 Å². The maximum Gasteiger partial charge on any atom is 0.0776 e. The summed E-state index contributed by atoms with van der Waals surface area (Å²) < 4.78 is 0. The first-order chi connectivity index (χ1) is 4.97. The molecule has 0 aliphatic carbocycles. The fourth-order valence-electron chi connectivity index (χ4n) is 0.999. The average Bonchev–Trinajstić information content (AvgIpc) is 2.05. The molecule has 0 saturated carbocycles. The molecule has 0 aromatic carbocycles. The van der Waals surface area contributed by atoms with Crippen molar-refractivity contribution < 1.29 is 0 Å². The van der Waals surface area contributed by atoms with Crippen LogP contribution in [-0.4, -0.2) is 19.0 Å². The zero-order valence-corrected chi connectivity index (χ0v) is 5.46. The zero-order chi connectivity index (χ0) is 6.81. The number of hydrogen-bond acceptors (Lipinski definition) is 4. The molecule has 0 atom stereocenters. The van der Waals surface area contributed by atoms with Crippen LogP contribution in [0.15, 0.2) is 21.5 Å². The van der Waals surface area contributed by atoms with Gasteiger partial charge in [0.1, 0.15) is 0 Å². The van der Waals surface area contributed by atoms with Gasteiger partial charge in [0.2, 0.25) is 0 Å². The first-order valence-electron chi connectivity index (χ1n) is 3.22. The third-order valence-electron chi connectivity index (χ3n) is 1.57. The van der Waals surface area contributed by atoms with Gasteiger partial charge in [0.15, 0.2) is 0 Å². The van der Waals surface area contributed by atoms with Crippen molar-refractivity contribution in [2.45, 2.75) is 6.42 Å². The molecule has 0 aromatic heterocycles. The second-order valence-electron chi connectivity index (χ2n) is 2.24. The molecule has 0 unspecified atom stereocenters. The number of rotatable bonds is 0. The Bertz CT molecular complexity index is 226. The monoisotopic (exact) mass is 136 g/mol. The van der Waals surface area contributed by atoms with Gasteiger partial charge in [-0.25, -0.2) is 0 Å². The van der Waals surface area contributed by atoms with Gasteiger partial charge in [0, 0.05) is 12.6 Å². The van der Waals surface area contributed by atoms with E-state index < -0.39 is 0 Å². The van der Waals surface area contributed by atoms with E-state index in [9.17, 15) is 0 Å². The topological polar surface area (TPSA) is 48.8 Å². The standard InChI is InChI=1S/C6H8N4/c1-2-7-10-6-4-9-8-3-5(1)6/h2,4,8,10H,1,3H2. The van der Waals surface area contributed by atoms with E-state index in [0.29, 0.717) is 0 Å². The molecule has 0 radical (unpaired) electrons. The summed E-state index contributed by atoms with van der Waals surface area (Å²) in [7, 11) is 0. The summed E-state index contributed by atoms with van der Waals surface area (Å²) in [5, 5.41) is 7.80. The molecule has 0 spiro atoms. The molecule has 2 aliphatic rings. The SMILES string of the molecule is C1=NNCC2=C1NN=CC2. The van der Waals surface area contributed by atoms with E-state index in [-0.39, 0.29) is 0 Å². The van der Waals surface area contributed by atoms with Crippen molar-refractivity contribution in [3.05, 3.63) is 11.3 Å². The molecule has 2 aliphatic heterocycles. The Morgan fingerprint density at radius 2 is 2.40 bits per heavy atom. The van der Waals surface area contributed by atoms with E-state index in [1.165, 1.54) is 5.57 Å². The molecular weight excluding hydrogens is 128 g/mol. The smallest absolute Gasteiger partial charge is 0.0776 e. The number of nitrogens with zero attached hydrogens (tertiary/aromatic N) is 2. The predicted molar refractivity (Wildman–Crippen MR) is 39.8 cm³/mol. The summed E-state index contributed by atoms with van der Waals surface area (Å²) >= 11 is 0. The first-order valence-corrected chi connectivity index (χ1v) is 3.22. The molecule has 4 heteroatoms. The zero-order valence-electron chi connectivity index (χ0n) is 5.46. The molecule has 0 saturated heterocycles. The molecule has 2 N–H and O–H groups in total. The normalized spacial score (nSPS) is 21.6. The highest BCUT2D eigenvalue weighted by atomic mass is 15.3. The predicted octanol–water partition coefficient (Wildman–Crippen LogP) is -0.191. The van der Waals surface area contributed by atoms with Gasteiger partial charge < -0.3 is 5.43 Å². The third-order valence-corrected chi connectivity index (χ3v) is 1.57. The lowest BCUT2D eigenvalue weighted by molar-refractivity contribution is 0.742. The lowest BCUT2D eigenvalue weighted by atomic mass is 10.1. The maximum absolute atomic E-state index is 3.91. The summed E-state index contributed by atoms with van der Waals surface area (Å²) in [6.45, 7) is 0.838. The lowest BCUT2D eigenvalue weighted by Gasteiger charge is -2.17. The molecule has 2 rings (SSSR count). The van der Waals surface area contributed by atoms with Crippen molar-refractivity contribution in [1.29, 1.82) is 0 Å². The second kappa shape index (κ2) is 2.13. The number of hydrogen-bond donors (Lipinski definition) is 2. The van der Waals surface area contributed by atoms with Crippen LogP contribution in [0.3, 0.4) is 0 Å². The van der Waals surface area contributed by atoms with E-state index in [1.54, 1.807) is 6.21 Å². The summed E-state index contributed by atoms with van der Waals surface area (Å²) in [5.74, 6) is 0. The van der Waals surface area contributed by atoms with Crippen LogP contribution in [0.25, 0.3) is 0 Å². The van der Waals surface area contributed by atoms with Crippen LogP contribution in [0.2, 0.25) is 0 Å². The fourth-order valence-corrected chi connectivity index (χ4v) is 0.999. The molecule has 4 nitrogen and oxygen atoms in total. The molecule has 0 bridgehead atoms. The van der Waals surface area contributed by atoms with Crippen LogP contribution < -0.4 is 10.9 Å². The maximum atomic E-state index is 3.91. The van der Waals surface area contributed by atoms with Crippen LogP contribution in [0.4, 0.5) is 0 Å². The van der Waals surface area contributed by atoms with Gasteiger partial charge in [0.05, 0.1) is 18.5 Å². The molecule has 0 amide bonds. The van der Waals surface area contributed by atoms with Gasteiger partial charge in [-0.15, -0.1) is 0 Å². The van der Waals surface area contributed by atoms with Crippen LogP contribution >= 0.6 is 0 Å². The Morgan fingerprint density at radius 1 is 1.40 bits per heavy atom. The highest BCUT2D eigenvalue weighted by Gasteiger charge is 2.09. The minimum absolute atomic E-state index is 0.838. The minimum Gasteiger partial charge on any atom is -0.306 e. The number of nitrogens with one attached hydrogen (secondary N) is 2. The van der Waals surface area contributed by atoms with E-state index in [1.807, 2.05) is 6.21 Å². The van der Waals surface area contributed by atoms with Gasteiger partial charge in [-0.1, -0.05) is 0 Å². The van der Waals surface area contributed by atoms with Crippen molar-refractivity contribution >= 4 is 12.4 Å². The molecular formula is C6H8N4. The van der Waals surface area contributed by atoms with Crippen LogP contribution in [-0.2, 0) is 0 Å². The average molecular weight is 136 g/mol. The Morgan fingerprint density at radius 3 is 3.30 bits per heavy atom. The lowest BCUT2D eigenvalue weighted by Crippen LogP contribution is -2.25. The van der Waals surface area contributed by atoms with Gasteiger partial charge in [-0.2, -0.15) is 10.2 Å². The largest absolute Gasteiger partial charge is 0.306 e.